The van der Waals surface area contributed by atoms with Gasteiger partial charge < -0.3 is 20.1 Å². The van der Waals surface area contributed by atoms with E-state index in [9.17, 15) is 19.8 Å². The zero-order valence-electron chi connectivity index (χ0n) is 10.9. The summed E-state index contributed by atoms with van der Waals surface area (Å²) in [6.45, 7) is 3.57. The maximum atomic E-state index is 11.6. The number of carboxylic acid groups (broad SMARTS) is 1. The van der Waals surface area contributed by atoms with Crippen molar-refractivity contribution in [3.05, 3.63) is 0 Å². The highest BCUT2D eigenvalue weighted by molar-refractivity contribution is 5.88. The molecule has 0 amide bonds. The lowest BCUT2D eigenvalue weighted by molar-refractivity contribution is -0.188. The Hall–Kier alpha value is -1.14. The van der Waals surface area contributed by atoms with Crippen LogP contribution in [0.3, 0.4) is 0 Å². The van der Waals surface area contributed by atoms with Crippen LogP contribution in [0.2, 0.25) is 0 Å². The number of hydrogen-bond donors (Lipinski definition) is 3. The summed E-state index contributed by atoms with van der Waals surface area (Å²) < 4.78 is 4.80. The van der Waals surface area contributed by atoms with Gasteiger partial charge in [0.2, 0.25) is 0 Å². The molecule has 0 saturated heterocycles. The Kier molecular flexibility index (Phi) is 7.54. The fourth-order valence-corrected chi connectivity index (χ4v) is 1.47. The Morgan fingerprint density at radius 3 is 2.28 bits per heavy atom. The maximum absolute atomic E-state index is 11.6. The lowest BCUT2D eigenvalue weighted by Gasteiger charge is -2.26. The summed E-state index contributed by atoms with van der Waals surface area (Å²) in [5.41, 5.74) is -2.38. The Morgan fingerprint density at radius 1 is 1.22 bits per heavy atom. The van der Waals surface area contributed by atoms with Crippen LogP contribution in [0, 0.1) is 0 Å². The molecule has 2 unspecified atom stereocenters. The Balaban J connectivity index is 4.30. The van der Waals surface area contributed by atoms with Crippen LogP contribution in [0.15, 0.2) is 0 Å². The van der Waals surface area contributed by atoms with Crippen molar-refractivity contribution in [3.63, 3.8) is 0 Å². The van der Waals surface area contributed by atoms with E-state index < -0.39 is 23.6 Å². The fourth-order valence-electron chi connectivity index (χ4n) is 1.47. The number of hydrogen-bond acceptors (Lipinski definition) is 5. The van der Waals surface area contributed by atoms with E-state index in [1.165, 1.54) is 6.92 Å². The summed E-state index contributed by atoms with van der Waals surface area (Å²) in [4.78, 5) is 22.2. The van der Waals surface area contributed by atoms with Crippen LogP contribution in [0.1, 0.15) is 46.0 Å². The van der Waals surface area contributed by atoms with E-state index in [1.54, 1.807) is 0 Å². The minimum Gasteiger partial charge on any atom is -0.479 e. The van der Waals surface area contributed by atoms with E-state index >= 15 is 0 Å². The highest BCUT2D eigenvalue weighted by Gasteiger charge is 2.47. The van der Waals surface area contributed by atoms with Crippen molar-refractivity contribution in [1.82, 2.24) is 0 Å². The van der Waals surface area contributed by atoms with Crippen LogP contribution in [-0.4, -0.2) is 45.6 Å². The molecular weight excluding hydrogens is 240 g/mol. The molecule has 106 valence electrons. The van der Waals surface area contributed by atoms with Crippen LogP contribution in [0.5, 0.6) is 0 Å². The lowest BCUT2D eigenvalue weighted by Crippen LogP contribution is -2.53. The molecule has 0 aliphatic rings. The number of aliphatic carboxylic acids is 1. The third-order valence-corrected chi connectivity index (χ3v) is 2.81. The van der Waals surface area contributed by atoms with Gasteiger partial charge in [-0.25, -0.2) is 9.59 Å². The van der Waals surface area contributed by atoms with Crippen molar-refractivity contribution in [3.8, 4) is 0 Å². The number of carbonyl (C=O) groups excluding carboxylic acids is 1. The van der Waals surface area contributed by atoms with Crippen LogP contribution < -0.4 is 0 Å². The van der Waals surface area contributed by atoms with E-state index in [2.05, 4.69) is 0 Å². The van der Waals surface area contributed by atoms with Gasteiger partial charge in [-0.1, -0.05) is 33.1 Å². The molecule has 0 aliphatic heterocycles. The molecule has 3 N–H and O–H groups in total. The molecule has 18 heavy (non-hydrogen) atoms. The van der Waals surface area contributed by atoms with E-state index in [1.807, 2.05) is 6.92 Å². The second-order valence-corrected chi connectivity index (χ2v) is 4.22. The van der Waals surface area contributed by atoms with Gasteiger partial charge >= 0.3 is 11.9 Å². The molecule has 2 atom stereocenters. The fraction of sp³-hybridized carbons (Fsp3) is 0.833. The SMILES string of the molecule is CCCCCCOC(=O)C(O)(CC)C(O)C(=O)O. The summed E-state index contributed by atoms with van der Waals surface area (Å²) in [5, 5.41) is 27.8. The first-order chi connectivity index (χ1) is 8.40. The van der Waals surface area contributed by atoms with Gasteiger partial charge in [-0.3, -0.25) is 0 Å². The number of aliphatic hydroxyl groups is 2. The van der Waals surface area contributed by atoms with Crippen molar-refractivity contribution < 1.29 is 29.6 Å². The Bertz CT molecular complexity index is 278. The van der Waals surface area contributed by atoms with Gasteiger partial charge in [-0.05, 0) is 12.8 Å². The topological polar surface area (TPSA) is 104 Å². The molecule has 0 saturated carbocycles. The summed E-state index contributed by atoms with van der Waals surface area (Å²) in [5.74, 6) is -2.74. The molecular formula is C12H22O6. The van der Waals surface area contributed by atoms with E-state index in [0.29, 0.717) is 6.42 Å². The van der Waals surface area contributed by atoms with Gasteiger partial charge in [0.25, 0.3) is 0 Å². The van der Waals surface area contributed by atoms with Gasteiger partial charge in [-0.15, -0.1) is 0 Å². The molecule has 0 aromatic heterocycles. The average molecular weight is 262 g/mol. The molecule has 0 aromatic carbocycles. The van der Waals surface area contributed by atoms with Gasteiger partial charge in [0.1, 0.15) is 0 Å². The molecule has 0 aromatic rings. The molecule has 0 spiro atoms. The normalized spacial score (nSPS) is 15.8. The largest absolute Gasteiger partial charge is 0.479 e. The van der Waals surface area contributed by atoms with Crippen molar-refractivity contribution in [2.75, 3.05) is 6.61 Å². The zero-order valence-corrected chi connectivity index (χ0v) is 10.9. The number of ether oxygens (including phenoxy) is 1. The quantitative estimate of drug-likeness (QED) is 0.417. The van der Waals surface area contributed by atoms with Crippen molar-refractivity contribution in [2.45, 2.75) is 57.7 Å². The number of unbranched alkanes of at least 4 members (excludes halogenated alkanes) is 3. The first kappa shape index (κ1) is 16.9. The Labute approximate surface area is 107 Å². The van der Waals surface area contributed by atoms with Gasteiger partial charge in [-0.2, -0.15) is 0 Å². The number of carboxylic acids is 1. The van der Waals surface area contributed by atoms with Crippen LogP contribution in [0.4, 0.5) is 0 Å². The van der Waals surface area contributed by atoms with Crippen LogP contribution >= 0.6 is 0 Å². The third-order valence-electron chi connectivity index (χ3n) is 2.81. The van der Waals surface area contributed by atoms with Crippen molar-refractivity contribution >= 4 is 11.9 Å². The molecule has 6 heteroatoms. The first-order valence-corrected chi connectivity index (χ1v) is 6.20. The summed E-state index contributed by atoms with van der Waals surface area (Å²) in [7, 11) is 0. The zero-order chi connectivity index (χ0) is 14.2. The molecule has 0 rings (SSSR count). The van der Waals surface area contributed by atoms with Crippen molar-refractivity contribution in [2.24, 2.45) is 0 Å². The maximum Gasteiger partial charge on any atom is 0.341 e. The number of rotatable bonds is 9. The van der Waals surface area contributed by atoms with Gasteiger partial charge in [0.05, 0.1) is 6.61 Å². The molecule has 0 bridgehead atoms. The lowest BCUT2D eigenvalue weighted by atomic mass is 9.94. The second kappa shape index (κ2) is 8.05. The molecule has 0 fully saturated rings. The molecule has 0 radical (unpaired) electrons. The monoisotopic (exact) mass is 262 g/mol. The number of aliphatic hydroxyl groups excluding tert-OH is 1. The minimum absolute atomic E-state index is 0.119. The third kappa shape index (κ3) is 4.62. The second-order valence-electron chi connectivity index (χ2n) is 4.22. The van der Waals surface area contributed by atoms with E-state index in [-0.39, 0.29) is 13.0 Å². The van der Waals surface area contributed by atoms with E-state index in [4.69, 9.17) is 9.84 Å². The summed E-state index contributed by atoms with van der Waals surface area (Å²) >= 11 is 0. The highest BCUT2D eigenvalue weighted by Crippen LogP contribution is 2.18. The number of carbonyl (C=O) groups is 2. The summed E-state index contributed by atoms with van der Waals surface area (Å²) in [6.07, 6.45) is 1.22. The predicted octanol–water partition coefficient (Wildman–Crippen LogP) is 0.696. The van der Waals surface area contributed by atoms with Gasteiger partial charge in [0, 0.05) is 0 Å². The standard InChI is InChI=1S/C12H22O6/c1-3-5-6-7-8-18-11(16)12(17,4-2)9(13)10(14)15/h9,13,17H,3-8H2,1-2H3,(H,14,15). The minimum atomic E-state index is -2.38. The molecule has 0 heterocycles. The van der Waals surface area contributed by atoms with Crippen LogP contribution in [0.25, 0.3) is 0 Å². The van der Waals surface area contributed by atoms with Gasteiger partial charge in [0.15, 0.2) is 11.7 Å². The molecule has 0 aliphatic carbocycles. The van der Waals surface area contributed by atoms with E-state index in [0.717, 1.165) is 19.3 Å². The summed E-state index contributed by atoms with van der Waals surface area (Å²) in [6, 6.07) is 0. The average Bonchev–Trinajstić information content (AvgIpc) is 2.36. The number of esters is 1. The Morgan fingerprint density at radius 2 is 1.83 bits per heavy atom. The van der Waals surface area contributed by atoms with Crippen molar-refractivity contribution in [1.29, 1.82) is 0 Å². The predicted molar refractivity (Wildman–Crippen MR) is 64.0 cm³/mol. The first-order valence-electron chi connectivity index (χ1n) is 6.20. The highest BCUT2D eigenvalue weighted by atomic mass is 16.6. The van der Waals surface area contributed by atoms with Crippen LogP contribution in [-0.2, 0) is 14.3 Å². The molecule has 6 nitrogen and oxygen atoms in total. The smallest absolute Gasteiger partial charge is 0.341 e.